The van der Waals surface area contributed by atoms with Crippen LogP contribution in [0.5, 0.6) is 0 Å². The van der Waals surface area contributed by atoms with Gasteiger partial charge >= 0.3 is 0 Å². The molecular formula is C10H10N4O3. The third kappa shape index (κ3) is 1.90. The predicted octanol–water partition coefficient (Wildman–Crippen LogP) is -0.947. The van der Waals surface area contributed by atoms with Crippen molar-refractivity contribution < 1.29 is 14.7 Å². The minimum Gasteiger partial charge on any atom is -0.394 e. The van der Waals surface area contributed by atoms with Gasteiger partial charge in [-0.3, -0.25) is 14.5 Å². The Bertz CT molecular complexity index is 514. The largest absolute Gasteiger partial charge is 0.394 e. The fourth-order valence-electron chi connectivity index (χ4n) is 1.78. The molecule has 1 saturated heterocycles. The molecule has 1 aromatic rings. The third-order valence-electron chi connectivity index (χ3n) is 2.48. The van der Waals surface area contributed by atoms with Gasteiger partial charge in [-0.1, -0.05) is 0 Å². The van der Waals surface area contributed by atoms with Crippen LogP contribution in [0.1, 0.15) is 12.0 Å². The van der Waals surface area contributed by atoms with Crippen LogP contribution >= 0.6 is 0 Å². The summed E-state index contributed by atoms with van der Waals surface area (Å²) in [6.45, 7) is -0.0187. The van der Waals surface area contributed by atoms with Crippen LogP contribution in [0, 0.1) is 11.3 Å². The SMILES string of the molecule is N#Cc1cnn(CCO)c1N1CC(=O)CC1=O. The normalized spacial score (nSPS) is 15.4. The number of aliphatic hydroxyl groups excluding tert-OH is 1. The van der Waals surface area contributed by atoms with Gasteiger partial charge in [-0.05, 0) is 0 Å². The van der Waals surface area contributed by atoms with E-state index >= 15 is 0 Å². The lowest BCUT2D eigenvalue weighted by Gasteiger charge is -2.16. The Hall–Kier alpha value is -2.20. The number of ketones is 1. The van der Waals surface area contributed by atoms with Crippen molar-refractivity contribution in [1.82, 2.24) is 9.78 Å². The number of carbonyl (C=O) groups excluding carboxylic acids is 2. The zero-order chi connectivity index (χ0) is 12.4. The summed E-state index contributed by atoms with van der Waals surface area (Å²) in [6.07, 6.45) is 1.18. The van der Waals surface area contributed by atoms with Crippen LogP contribution in [0.4, 0.5) is 5.82 Å². The average molecular weight is 234 g/mol. The van der Waals surface area contributed by atoms with Crippen molar-refractivity contribution >= 4 is 17.5 Å². The van der Waals surface area contributed by atoms with Crippen LogP contribution in [-0.2, 0) is 16.1 Å². The van der Waals surface area contributed by atoms with Gasteiger partial charge in [0.1, 0.15) is 11.6 Å². The first-order valence-electron chi connectivity index (χ1n) is 5.06. The fraction of sp³-hybridized carbons (Fsp3) is 0.400. The quantitative estimate of drug-likeness (QED) is 0.680. The minimum atomic E-state index is -0.341. The van der Waals surface area contributed by atoms with E-state index in [2.05, 4.69) is 5.10 Å². The monoisotopic (exact) mass is 234 g/mol. The van der Waals surface area contributed by atoms with E-state index in [4.69, 9.17) is 10.4 Å². The number of amides is 1. The fourth-order valence-corrected chi connectivity index (χ4v) is 1.78. The Morgan fingerprint density at radius 3 is 2.82 bits per heavy atom. The van der Waals surface area contributed by atoms with Gasteiger partial charge in [0, 0.05) is 0 Å². The Morgan fingerprint density at radius 1 is 1.53 bits per heavy atom. The third-order valence-corrected chi connectivity index (χ3v) is 2.48. The molecule has 17 heavy (non-hydrogen) atoms. The van der Waals surface area contributed by atoms with Crippen molar-refractivity contribution in [2.24, 2.45) is 0 Å². The first-order chi connectivity index (χ1) is 8.17. The van der Waals surface area contributed by atoms with E-state index in [9.17, 15) is 9.59 Å². The zero-order valence-corrected chi connectivity index (χ0v) is 8.96. The van der Waals surface area contributed by atoms with Crippen LogP contribution in [-0.4, -0.2) is 39.7 Å². The second-order valence-corrected chi connectivity index (χ2v) is 3.64. The molecule has 2 rings (SSSR count). The summed E-state index contributed by atoms with van der Waals surface area (Å²) in [6, 6.07) is 1.92. The number of Topliss-reactive ketones (excluding diaryl/α,β-unsaturated/α-hetero) is 1. The summed E-state index contributed by atoms with van der Waals surface area (Å²) in [5.41, 5.74) is 0.224. The van der Waals surface area contributed by atoms with Gasteiger partial charge in [0.15, 0.2) is 11.6 Å². The molecule has 0 spiro atoms. The Balaban J connectivity index is 2.42. The van der Waals surface area contributed by atoms with E-state index in [0.29, 0.717) is 0 Å². The van der Waals surface area contributed by atoms with Gasteiger partial charge in [-0.2, -0.15) is 10.4 Å². The molecule has 1 aromatic heterocycles. The summed E-state index contributed by atoms with van der Waals surface area (Å²) in [5, 5.41) is 21.7. The second-order valence-electron chi connectivity index (χ2n) is 3.64. The lowest BCUT2D eigenvalue weighted by Crippen LogP contribution is -2.28. The number of nitrogens with zero attached hydrogens (tertiary/aromatic N) is 4. The standard InChI is InChI=1S/C10H10N4O3/c11-4-7-5-12-14(1-2-15)10(7)13-6-8(16)3-9(13)17/h5,15H,1-3,6H2. The molecule has 0 saturated carbocycles. The molecule has 1 aliphatic heterocycles. The summed E-state index contributed by atoms with van der Waals surface area (Å²) in [7, 11) is 0. The van der Waals surface area contributed by atoms with E-state index in [0.717, 1.165) is 0 Å². The van der Waals surface area contributed by atoms with Gasteiger partial charge in [0.2, 0.25) is 5.91 Å². The molecular weight excluding hydrogens is 224 g/mol. The van der Waals surface area contributed by atoms with Crippen LogP contribution in [0.2, 0.25) is 0 Å². The van der Waals surface area contributed by atoms with Crippen molar-refractivity contribution in [3.05, 3.63) is 11.8 Å². The van der Waals surface area contributed by atoms with Gasteiger partial charge in [0.25, 0.3) is 0 Å². The molecule has 1 amide bonds. The minimum absolute atomic E-state index is 0.0371. The number of rotatable bonds is 3. The Labute approximate surface area is 96.9 Å². The van der Waals surface area contributed by atoms with Crippen molar-refractivity contribution in [1.29, 1.82) is 5.26 Å². The molecule has 1 fully saturated rings. The molecule has 0 bridgehead atoms. The molecule has 7 nitrogen and oxygen atoms in total. The van der Waals surface area contributed by atoms with Gasteiger partial charge in [-0.15, -0.1) is 0 Å². The number of nitriles is 1. The molecule has 88 valence electrons. The molecule has 0 aliphatic carbocycles. The van der Waals surface area contributed by atoms with Gasteiger partial charge in [-0.25, -0.2) is 4.68 Å². The predicted molar refractivity (Wildman–Crippen MR) is 56.0 cm³/mol. The Morgan fingerprint density at radius 2 is 2.29 bits per heavy atom. The van der Waals surface area contributed by atoms with E-state index in [1.54, 1.807) is 0 Å². The number of aliphatic hydroxyl groups is 1. The molecule has 1 aliphatic rings. The van der Waals surface area contributed by atoms with Crippen LogP contribution < -0.4 is 4.90 Å². The number of anilines is 1. The number of hydrogen-bond acceptors (Lipinski definition) is 5. The summed E-state index contributed by atoms with van der Waals surface area (Å²) in [5.74, 6) is -0.237. The second kappa shape index (κ2) is 4.35. The smallest absolute Gasteiger partial charge is 0.236 e. The summed E-state index contributed by atoms with van der Waals surface area (Å²) >= 11 is 0. The van der Waals surface area contributed by atoms with E-state index < -0.39 is 0 Å². The molecule has 7 heteroatoms. The molecule has 0 atom stereocenters. The maximum absolute atomic E-state index is 11.6. The molecule has 1 N–H and O–H groups in total. The number of hydrogen-bond donors (Lipinski definition) is 1. The summed E-state index contributed by atoms with van der Waals surface area (Å²) < 4.78 is 1.36. The topological polar surface area (TPSA) is 99.2 Å². The van der Waals surface area contributed by atoms with E-state index in [1.807, 2.05) is 6.07 Å². The average Bonchev–Trinajstić information content (AvgIpc) is 2.82. The highest BCUT2D eigenvalue weighted by molar-refractivity contribution is 6.15. The molecule has 0 aromatic carbocycles. The van der Waals surface area contributed by atoms with Crippen LogP contribution in [0.25, 0.3) is 0 Å². The van der Waals surface area contributed by atoms with Gasteiger partial charge in [0.05, 0.1) is 32.3 Å². The first kappa shape index (κ1) is 11.3. The van der Waals surface area contributed by atoms with Crippen molar-refractivity contribution in [2.45, 2.75) is 13.0 Å². The molecule has 0 unspecified atom stereocenters. The number of aromatic nitrogens is 2. The lowest BCUT2D eigenvalue weighted by atomic mass is 10.3. The first-order valence-corrected chi connectivity index (χ1v) is 5.06. The summed E-state index contributed by atoms with van der Waals surface area (Å²) in [4.78, 5) is 24.0. The maximum atomic E-state index is 11.6. The van der Waals surface area contributed by atoms with Crippen molar-refractivity contribution in [3.8, 4) is 6.07 Å². The number of carbonyl (C=O) groups is 2. The van der Waals surface area contributed by atoms with Crippen molar-refractivity contribution in [2.75, 3.05) is 18.1 Å². The lowest BCUT2D eigenvalue weighted by molar-refractivity contribution is -0.121. The maximum Gasteiger partial charge on any atom is 0.236 e. The Kier molecular flexibility index (Phi) is 2.89. The molecule has 0 radical (unpaired) electrons. The molecule has 2 heterocycles. The van der Waals surface area contributed by atoms with E-state index in [1.165, 1.54) is 15.8 Å². The van der Waals surface area contributed by atoms with Gasteiger partial charge < -0.3 is 5.11 Å². The van der Waals surface area contributed by atoms with Crippen LogP contribution in [0.15, 0.2) is 6.20 Å². The van der Waals surface area contributed by atoms with Crippen LogP contribution in [0.3, 0.4) is 0 Å². The van der Waals surface area contributed by atoms with Crippen molar-refractivity contribution in [3.63, 3.8) is 0 Å². The zero-order valence-electron chi connectivity index (χ0n) is 8.96. The highest BCUT2D eigenvalue weighted by atomic mass is 16.3. The highest BCUT2D eigenvalue weighted by Gasteiger charge is 2.32. The highest BCUT2D eigenvalue weighted by Crippen LogP contribution is 2.23. The van der Waals surface area contributed by atoms with E-state index in [-0.39, 0.29) is 49.2 Å².